The third-order valence-corrected chi connectivity index (χ3v) is 8.19. The molecular formula is C29H45N3O7. The van der Waals surface area contributed by atoms with Gasteiger partial charge in [0.2, 0.25) is 17.7 Å². The first-order valence-electron chi connectivity index (χ1n) is 14.2. The molecule has 1 spiro atoms. The molecule has 10 heteroatoms. The van der Waals surface area contributed by atoms with Crippen molar-refractivity contribution in [3.8, 4) is 0 Å². The molecule has 2 N–H and O–H groups in total. The molecule has 3 aliphatic rings. The highest BCUT2D eigenvalue weighted by Gasteiger charge is 2.75. The SMILES string of the molecule is C=CCCC(=O)NC[C@H](C)OC(=O)[C@@H]1[C@@H]2CC[C@]3(O2)[C@H](C(=O)N(CC=C)C(C)CCC)N(CCCO)C(=O)[C@@H]13. The third kappa shape index (κ3) is 6.22. The molecule has 1 unspecified atom stereocenters. The molecule has 3 amide bonds. The molecule has 3 heterocycles. The van der Waals surface area contributed by atoms with Crippen LogP contribution in [-0.2, 0) is 28.7 Å². The van der Waals surface area contributed by atoms with Gasteiger partial charge in [0.15, 0.2) is 0 Å². The number of aliphatic hydroxyl groups is 1. The first-order valence-corrected chi connectivity index (χ1v) is 14.2. The van der Waals surface area contributed by atoms with E-state index in [2.05, 4.69) is 25.4 Å². The lowest BCUT2D eigenvalue weighted by Crippen LogP contribution is -2.58. The number of rotatable bonds is 16. The van der Waals surface area contributed by atoms with E-state index in [1.54, 1.807) is 24.0 Å². The maximum absolute atomic E-state index is 14.2. The van der Waals surface area contributed by atoms with Gasteiger partial charge >= 0.3 is 5.97 Å². The summed E-state index contributed by atoms with van der Waals surface area (Å²) in [6.45, 7) is 13.7. The molecule has 3 rings (SSSR count). The number of nitrogens with zero attached hydrogens (tertiary/aromatic N) is 2. The number of ether oxygens (including phenoxy) is 2. The standard InChI is InChI=1S/C29H45N3O7/c1-6-9-12-22(34)30-18-20(5)38-28(37)23-21-13-14-29(39-21)24(23)26(35)32(16-10-17-33)25(29)27(36)31(15-8-3)19(4)11-7-2/h6,8,19-21,23-25,33H,1,3,7,9-18H2,2,4-5H3,(H,30,34)/t19?,20-,21-,23+,24+,25-,29+/m0/s1. The Kier molecular flexibility index (Phi) is 10.7. The van der Waals surface area contributed by atoms with E-state index in [0.29, 0.717) is 38.6 Å². The van der Waals surface area contributed by atoms with Crippen LogP contribution in [0.3, 0.4) is 0 Å². The Morgan fingerprint density at radius 1 is 1.31 bits per heavy atom. The Bertz CT molecular complexity index is 940. The van der Waals surface area contributed by atoms with E-state index < -0.39 is 41.7 Å². The number of hydrogen-bond acceptors (Lipinski definition) is 7. The maximum Gasteiger partial charge on any atom is 0.312 e. The maximum atomic E-state index is 14.2. The Balaban J connectivity index is 1.83. The largest absolute Gasteiger partial charge is 0.460 e. The van der Waals surface area contributed by atoms with Gasteiger partial charge in [-0.1, -0.05) is 25.5 Å². The van der Waals surface area contributed by atoms with Crippen molar-refractivity contribution in [3.05, 3.63) is 25.3 Å². The van der Waals surface area contributed by atoms with E-state index in [-0.39, 0.29) is 43.5 Å². The molecule has 0 aromatic carbocycles. The Hall–Kier alpha value is -2.72. The Labute approximate surface area is 231 Å². The van der Waals surface area contributed by atoms with E-state index in [1.807, 2.05) is 6.92 Å². The molecule has 7 atom stereocenters. The smallest absolute Gasteiger partial charge is 0.312 e. The summed E-state index contributed by atoms with van der Waals surface area (Å²) >= 11 is 0. The molecule has 10 nitrogen and oxygen atoms in total. The van der Waals surface area contributed by atoms with Crippen molar-refractivity contribution in [1.29, 1.82) is 0 Å². The highest BCUT2D eigenvalue weighted by molar-refractivity contribution is 5.98. The second-order valence-electron chi connectivity index (χ2n) is 11.0. The van der Waals surface area contributed by atoms with Crippen LogP contribution in [0.1, 0.15) is 65.7 Å². The fourth-order valence-corrected chi connectivity index (χ4v) is 6.44. The minimum Gasteiger partial charge on any atom is -0.460 e. The van der Waals surface area contributed by atoms with Gasteiger partial charge in [-0.15, -0.1) is 13.2 Å². The van der Waals surface area contributed by atoms with Crippen LogP contribution in [0.4, 0.5) is 0 Å². The average Bonchev–Trinajstić information content (AvgIpc) is 3.55. The highest BCUT2D eigenvalue weighted by atomic mass is 16.6. The summed E-state index contributed by atoms with van der Waals surface area (Å²) in [7, 11) is 0. The van der Waals surface area contributed by atoms with Gasteiger partial charge in [0.1, 0.15) is 17.7 Å². The molecule has 218 valence electrons. The predicted octanol–water partition coefficient (Wildman–Crippen LogP) is 1.96. The van der Waals surface area contributed by atoms with Gasteiger partial charge in [-0.25, -0.2) is 0 Å². The molecule has 3 aliphatic heterocycles. The van der Waals surface area contributed by atoms with Gasteiger partial charge in [-0.05, 0) is 46.0 Å². The molecule has 0 radical (unpaired) electrons. The zero-order valence-electron chi connectivity index (χ0n) is 23.6. The fraction of sp³-hybridized carbons (Fsp3) is 0.724. The quantitative estimate of drug-likeness (QED) is 0.224. The predicted molar refractivity (Wildman–Crippen MR) is 145 cm³/mol. The van der Waals surface area contributed by atoms with Crippen LogP contribution in [0.2, 0.25) is 0 Å². The first-order chi connectivity index (χ1) is 18.7. The van der Waals surface area contributed by atoms with Gasteiger partial charge in [0.25, 0.3) is 0 Å². The van der Waals surface area contributed by atoms with E-state index in [9.17, 15) is 24.3 Å². The van der Waals surface area contributed by atoms with E-state index in [0.717, 1.165) is 12.8 Å². The number of nitrogens with one attached hydrogen (secondary N) is 1. The van der Waals surface area contributed by atoms with E-state index >= 15 is 0 Å². The summed E-state index contributed by atoms with van der Waals surface area (Å²) in [6, 6.07) is -0.946. The zero-order valence-corrected chi connectivity index (χ0v) is 23.6. The Morgan fingerprint density at radius 2 is 2.05 bits per heavy atom. The molecule has 0 aliphatic carbocycles. The minimum absolute atomic E-state index is 0.0624. The van der Waals surface area contributed by atoms with Crippen LogP contribution >= 0.6 is 0 Å². The van der Waals surface area contributed by atoms with Crippen molar-refractivity contribution in [1.82, 2.24) is 15.1 Å². The molecule has 0 aromatic heterocycles. The average molecular weight is 548 g/mol. The zero-order chi connectivity index (χ0) is 28.7. The number of allylic oxidation sites excluding steroid dienone is 1. The summed E-state index contributed by atoms with van der Waals surface area (Å²) in [5.41, 5.74) is -1.12. The van der Waals surface area contributed by atoms with E-state index in [4.69, 9.17) is 9.47 Å². The molecule has 3 fully saturated rings. The van der Waals surface area contributed by atoms with Crippen LogP contribution in [0.25, 0.3) is 0 Å². The molecule has 39 heavy (non-hydrogen) atoms. The summed E-state index contributed by atoms with van der Waals surface area (Å²) in [6.07, 6.45) is 6.13. The summed E-state index contributed by atoms with van der Waals surface area (Å²) in [5, 5.41) is 12.3. The lowest BCUT2D eigenvalue weighted by Gasteiger charge is -2.38. The second kappa shape index (κ2) is 13.6. The number of amides is 3. The number of carbonyl (C=O) groups excluding carboxylic acids is 4. The normalized spacial score (nSPS) is 28.5. The second-order valence-corrected chi connectivity index (χ2v) is 11.0. The van der Waals surface area contributed by atoms with Gasteiger partial charge < -0.3 is 29.7 Å². The van der Waals surface area contributed by atoms with E-state index in [1.165, 1.54) is 4.90 Å². The summed E-state index contributed by atoms with van der Waals surface area (Å²) in [4.78, 5) is 56.7. The van der Waals surface area contributed by atoms with Crippen LogP contribution in [0.5, 0.6) is 0 Å². The van der Waals surface area contributed by atoms with Crippen LogP contribution < -0.4 is 5.32 Å². The van der Waals surface area contributed by atoms with Crippen LogP contribution in [0, 0.1) is 11.8 Å². The number of carbonyl (C=O) groups is 4. The molecule has 3 saturated heterocycles. The number of hydrogen-bond donors (Lipinski definition) is 2. The van der Waals surface area contributed by atoms with Gasteiger partial charge in [0, 0.05) is 32.2 Å². The van der Waals surface area contributed by atoms with Crippen LogP contribution in [0.15, 0.2) is 25.3 Å². The molecule has 0 saturated carbocycles. The Morgan fingerprint density at radius 3 is 2.69 bits per heavy atom. The minimum atomic E-state index is -1.12. The number of esters is 1. The van der Waals surface area contributed by atoms with Gasteiger partial charge in [-0.2, -0.15) is 0 Å². The van der Waals surface area contributed by atoms with Gasteiger partial charge in [0.05, 0.1) is 24.5 Å². The van der Waals surface area contributed by atoms with Gasteiger partial charge in [-0.3, -0.25) is 19.2 Å². The number of fused-ring (bicyclic) bond motifs is 1. The first kappa shape index (κ1) is 30.8. The molecular weight excluding hydrogens is 502 g/mol. The topological polar surface area (TPSA) is 125 Å². The van der Waals surface area contributed by atoms with Crippen molar-refractivity contribution in [2.24, 2.45) is 11.8 Å². The summed E-state index contributed by atoms with van der Waals surface area (Å²) in [5.74, 6) is -2.90. The van der Waals surface area contributed by atoms with Crippen LogP contribution in [-0.4, -0.2) is 94.7 Å². The fourth-order valence-electron chi connectivity index (χ4n) is 6.44. The highest BCUT2D eigenvalue weighted by Crippen LogP contribution is 2.59. The summed E-state index contributed by atoms with van der Waals surface area (Å²) < 4.78 is 12.1. The molecule has 2 bridgehead atoms. The van der Waals surface area contributed by atoms with Crippen molar-refractivity contribution in [2.75, 3.05) is 26.2 Å². The lowest BCUT2D eigenvalue weighted by molar-refractivity contribution is -0.159. The number of likely N-dealkylation sites (tertiary alicyclic amines) is 1. The third-order valence-electron chi connectivity index (χ3n) is 8.19. The monoisotopic (exact) mass is 547 g/mol. The van der Waals surface area contributed by atoms with Crippen molar-refractivity contribution < 1.29 is 33.8 Å². The number of aliphatic hydroxyl groups excluding tert-OH is 1. The molecule has 0 aromatic rings. The lowest BCUT2D eigenvalue weighted by atomic mass is 9.70. The van der Waals surface area contributed by atoms with Crippen molar-refractivity contribution in [3.63, 3.8) is 0 Å². The van der Waals surface area contributed by atoms with Crippen molar-refractivity contribution >= 4 is 23.7 Å². The van der Waals surface area contributed by atoms with Crippen molar-refractivity contribution in [2.45, 2.75) is 95.6 Å².